The minimum absolute atomic E-state index is 0.0958. The van der Waals surface area contributed by atoms with Gasteiger partial charge in [-0.3, -0.25) is 24.1 Å². The summed E-state index contributed by atoms with van der Waals surface area (Å²) in [6.07, 6.45) is 1.88. The Morgan fingerprint density at radius 2 is 1.61 bits per heavy atom. The van der Waals surface area contributed by atoms with Gasteiger partial charge in [-0.1, -0.05) is 42.0 Å². The summed E-state index contributed by atoms with van der Waals surface area (Å²) in [4.78, 5) is 52.8. The van der Waals surface area contributed by atoms with Gasteiger partial charge in [-0.05, 0) is 59.9 Å². The Morgan fingerprint density at radius 3 is 2.34 bits per heavy atom. The Bertz CT molecular complexity index is 1740. The molecule has 0 spiro atoms. The summed E-state index contributed by atoms with van der Waals surface area (Å²) in [5, 5.41) is 12.7. The molecule has 3 aromatic carbocycles. The molecule has 7 rings (SSSR count). The van der Waals surface area contributed by atoms with Gasteiger partial charge in [0.05, 0.1) is 17.5 Å². The third-order valence-corrected chi connectivity index (χ3v) is 10.8. The first-order valence-corrected chi connectivity index (χ1v) is 14.0. The van der Waals surface area contributed by atoms with Crippen LogP contribution < -0.4 is 4.90 Å². The second-order valence-electron chi connectivity index (χ2n) is 11.2. The van der Waals surface area contributed by atoms with Crippen LogP contribution in [0.4, 0.5) is 10.1 Å². The van der Waals surface area contributed by atoms with Crippen molar-refractivity contribution in [2.24, 2.45) is 17.8 Å². The van der Waals surface area contributed by atoms with Gasteiger partial charge in [-0.15, -0.1) is 23.2 Å². The molecule has 2 saturated heterocycles. The minimum Gasteiger partial charge on any atom is -0.508 e. The van der Waals surface area contributed by atoms with Crippen molar-refractivity contribution in [2.75, 3.05) is 11.9 Å². The van der Waals surface area contributed by atoms with Crippen molar-refractivity contribution in [3.63, 3.8) is 0 Å². The molecule has 4 aliphatic rings. The number of carbonyl (C=O) groups excluding carboxylic acids is 4. The summed E-state index contributed by atoms with van der Waals surface area (Å²) < 4.78 is 13.8. The number of amides is 4. The zero-order valence-electron chi connectivity index (χ0n) is 21.7. The predicted octanol–water partition coefficient (Wildman–Crippen LogP) is 4.88. The lowest BCUT2D eigenvalue weighted by molar-refractivity contribution is -0.138. The Labute approximate surface area is 244 Å². The summed E-state index contributed by atoms with van der Waals surface area (Å²) in [6, 6.07) is 15.3. The van der Waals surface area contributed by atoms with Crippen molar-refractivity contribution in [1.29, 1.82) is 0 Å². The van der Waals surface area contributed by atoms with Crippen LogP contribution >= 0.6 is 23.2 Å². The second kappa shape index (κ2) is 8.63. The van der Waals surface area contributed by atoms with Crippen molar-refractivity contribution >= 4 is 63.3 Å². The third kappa shape index (κ3) is 3.20. The van der Waals surface area contributed by atoms with E-state index in [1.54, 1.807) is 18.2 Å². The standard InChI is InChI=1S/C31H23Cl2FN2O5/c1-35-26(38)20-12-11-19-21(23(20)27(35)39)14-30(32)28(40)36(17-9-7-16(34)8-10-17)29(41)31(30,33)25(19)24-18-5-3-2-4-15(18)6-13-22(24)37/h2-11,13,20-21,23,25,37H,12,14H2,1H3/t20-,21+,23-,25+,30+,31-/m0/s1. The number of imide groups is 2. The SMILES string of the molecule is CN1C(=O)[C@H]2[C@H](CC=C3[C@H]2C[C@@]2(Cl)C(=O)N(c4ccc(F)cc4)C(=O)[C@@]2(Cl)[C@H]3c2c(O)ccc3ccccc23)C1=O. The number of anilines is 1. The number of nitrogens with zero attached hydrogens (tertiary/aromatic N) is 2. The predicted molar refractivity (Wildman–Crippen MR) is 150 cm³/mol. The van der Waals surface area contributed by atoms with Gasteiger partial charge in [-0.2, -0.15) is 0 Å². The number of hydrogen-bond acceptors (Lipinski definition) is 5. The van der Waals surface area contributed by atoms with E-state index in [2.05, 4.69) is 0 Å². The molecule has 2 aliphatic heterocycles. The van der Waals surface area contributed by atoms with E-state index in [1.165, 1.54) is 25.2 Å². The maximum absolute atomic E-state index is 14.4. The van der Waals surface area contributed by atoms with E-state index in [0.29, 0.717) is 16.5 Å². The van der Waals surface area contributed by atoms with E-state index in [-0.39, 0.29) is 36.1 Å². The molecule has 2 aliphatic carbocycles. The number of benzene rings is 3. The molecule has 3 fully saturated rings. The fraction of sp³-hybridized carbons (Fsp3) is 0.290. The highest BCUT2D eigenvalue weighted by Crippen LogP contribution is 2.67. The van der Waals surface area contributed by atoms with Gasteiger partial charge >= 0.3 is 0 Å². The molecule has 7 nitrogen and oxygen atoms in total. The first-order chi connectivity index (χ1) is 19.5. The van der Waals surface area contributed by atoms with Crippen LogP contribution in [0.15, 0.2) is 72.3 Å². The molecule has 3 aromatic rings. The smallest absolute Gasteiger partial charge is 0.258 e. The quantitative estimate of drug-likeness (QED) is 0.260. The van der Waals surface area contributed by atoms with E-state index >= 15 is 0 Å². The van der Waals surface area contributed by atoms with Crippen LogP contribution in [-0.4, -0.2) is 50.4 Å². The zero-order valence-corrected chi connectivity index (χ0v) is 23.2. The number of alkyl halides is 2. The van der Waals surface area contributed by atoms with Crippen molar-refractivity contribution in [3.05, 3.63) is 83.7 Å². The maximum Gasteiger partial charge on any atom is 0.258 e. The Balaban J connectivity index is 1.51. The molecule has 1 saturated carbocycles. The molecule has 1 N–H and O–H groups in total. The van der Waals surface area contributed by atoms with E-state index in [4.69, 9.17) is 23.2 Å². The highest BCUT2D eigenvalue weighted by atomic mass is 35.5. The number of halogens is 3. The Morgan fingerprint density at radius 1 is 0.902 bits per heavy atom. The van der Waals surface area contributed by atoms with E-state index < -0.39 is 51.1 Å². The first-order valence-electron chi connectivity index (χ1n) is 13.2. The van der Waals surface area contributed by atoms with Gasteiger partial charge in [0.2, 0.25) is 11.8 Å². The molecule has 0 unspecified atom stereocenters. The summed E-state index contributed by atoms with van der Waals surface area (Å²) in [6.45, 7) is 0. The lowest BCUT2D eigenvalue weighted by atomic mass is 9.56. The molecule has 2 heterocycles. The van der Waals surface area contributed by atoms with Crippen LogP contribution in [0.2, 0.25) is 0 Å². The normalized spacial score (nSPS) is 32.7. The van der Waals surface area contributed by atoms with Gasteiger partial charge in [0.15, 0.2) is 9.75 Å². The number of likely N-dealkylation sites (tertiary alicyclic amines) is 1. The summed E-state index contributed by atoms with van der Waals surface area (Å²) in [5.74, 6) is -6.27. The van der Waals surface area contributed by atoms with Crippen LogP contribution in [-0.2, 0) is 19.2 Å². The van der Waals surface area contributed by atoms with Gasteiger partial charge in [0.1, 0.15) is 11.6 Å². The number of phenols is 1. The molecule has 208 valence electrons. The average Bonchev–Trinajstić information content (AvgIpc) is 3.27. The summed E-state index contributed by atoms with van der Waals surface area (Å²) in [5.41, 5.74) is 0.992. The van der Waals surface area contributed by atoms with Gasteiger partial charge in [-0.25, -0.2) is 9.29 Å². The number of phenolic OH excluding ortho intramolecular Hbond substituents is 1. The van der Waals surface area contributed by atoms with Crippen LogP contribution in [0.1, 0.15) is 24.3 Å². The number of carbonyl (C=O) groups is 4. The van der Waals surface area contributed by atoms with Gasteiger partial charge < -0.3 is 5.11 Å². The molecule has 10 heteroatoms. The molecule has 0 aromatic heterocycles. The Kier molecular flexibility index (Phi) is 5.51. The van der Waals surface area contributed by atoms with Crippen molar-refractivity contribution < 1.29 is 28.7 Å². The molecule has 0 bridgehead atoms. The molecular weight excluding hydrogens is 570 g/mol. The van der Waals surface area contributed by atoms with Crippen LogP contribution in [0, 0.1) is 23.6 Å². The molecule has 0 radical (unpaired) electrons. The number of allylic oxidation sites excluding steroid dienone is 2. The van der Waals surface area contributed by atoms with Crippen molar-refractivity contribution in [3.8, 4) is 5.75 Å². The van der Waals surface area contributed by atoms with Crippen LogP contribution in [0.25, 0.3) is 10.8 Å². The fourth-order valence-electron chi connectivity index (χ4n) is 7.46. The number of aromatic hydroxyl groups is 1. The first kappa shape index (κ1) is 26.2. The van der Waals surface area contributed by atoms with E-state index in [1.807, 2.05) is 18.2 Å². The number of hydrogen-bond donors (Lipinski definition) is 1. The summed E-state index contributed by atoms with van der Waals surface area (Å²) >= 11 is 14.7. The maximum atomic E-state index is 14.4. The lowest BCUT2D eigenvalue weighted by Gasteiger charge is -2.51. The highest BCUT2D eigenvalue weighted by molar-refractivity contribution is 6.58. The molecule has 4 amide bonds. The largest absolute Gasteiger partial charge is 0.508 e. The van der Waals surface area contributed by atoms with E-state index in [0.717, 1.165) is 27.3 Å². The van der Waals surface area contributed by atoms with Crippen LogP contribution in [0.3, 0.4) is 0 Å². The Hall–Kier alpha value is -3.75. The van der Waals surface area contributed by atoms with Crippen molar-refractivity contribution in [2.45, 2.75) is 28.5 Å². The molecule has 41 heavy (non-hydrogen) atoms. The lowest BCUT2D eigenvalue weighted by Crippen LogP contribution is -2.60. The third-order valence-electron chi connectivity index (χ3n) is 9.35. The zero-order chi connectivity index (χ0) is 29.0. The fourth-order valence-corrected chi connectivity index (χ4v) is 8.38. The number of fused-ring (bicyclic) bond motifs is 5. The topological polar surface area (TPSA) is 95.0 Å². The van der Waals surface area contributed by atoms with Crippen molar-refractivity contribution in [1.82, 2.24) is 4.90 Å². The van der Waals surface area contributed by atoms with Gasteiger partial charge in [0, 0.05) is 18.5 Å². The van der Waals surface area contributed by atoms with E-state index in [9.17, 15) is 28.7 Å². The average molecular weight is 593 g/mol. The molecule has 6 atom stereocenters. The molecular formula is C31H23Cl2FN2O5. The highest BCUT2D eigenvalue weighted by Gasteiger charge is 2.77. The summed E-state index contributed by atoms with van der Waals surface area (Å²) in [7, 11) is 1.43. The van der Waals surface area contributed by atoms with Gasteiger partial charge in [0.25, 0.3) is 11.8 Å². The van der Waals surface area contributed by atoms with Crippen LogP contribution in [0.5, 0.6) is 5.75 Å². The number of rotatable bonds is 2. The second-order valence-corrected chi connectivity index (χ2v) is 12.4. The minimum atomic E-state index is -2.12. The monoisotopic (exact) mass is 592 g/mol.